The topological polar surface area (TPSA) is 62.5 Å². The van der Waals surface area contributed by atoms with Crippen LogP contribution in [-0.2, 0) is 0 Å². The molecular weight excluding hydrogens is 238 g/mol. The number of fused-ring (bicyclic) bond motifs is 1. The fourth-order valence-corrected chi connectivity index (χ4v) is 1.66. The van der Waals surface area contributed by atoms with E-state index in [1.165, 1.54) is 11.8 Å². The minimum Gasteiger partial charge on any atom is -0.347 e. The zero-order valence-electron chi connectivity index (χ0n) is 10.5. The number of aromatic nitrogens is 5. The lowest BCUT2D eigenvalue weighted by atomic mass is 10.7. The SMILES string of the molecule is CSc1nc2nc(N(C)C)nc(N(C)C)n2n1. The Bertz CT molecular complexity index is 533. The van der Waals surface area contributed by atoms with E-state index in [0.717, 1.165) is 0 Å². The van der Waals surface area contributed by atoms with Crippen molar-refractivity contribution in [3.05, 3.63) is 0 Å². The highest BCUT2D eigenvalue weighted by molar-refractivity contribution is 7.98. The van der Waals surface area contributed by atoms with Crippen molar-refractivity contribution < 1.29 is 0 Å². The van der Waals surface area contributed by atoms with Crippen LogP contribution in [-0.4, -0.2) is 59.0 Å². The lowest BCUT2D eigenvalue weighted by Crippen LogP contribution is -2.20. The first-order valence-electron chi connectivity index (χ1n) is 5.06. The molecule has 7 nitrogen and oxygen atoms in total. The van der Waals surface area contributed by atoms with Crippen molar-refractivity contribution >= 4 is 29.4 Å². The van der Waals surface area contributed by atoms with Gasteiger partial charge in [-0.25, -0.2) is 0 Å². The molecule has 2 rings (SSSR count). The standard InChI is InChI=1S/C9H15N7S/c1-14(2)6-10-7-11-8(17-5)13-16(7)9(12-6)15(3)4/h1-5H3. The third-order valence-electron chi connectivity index (χ3n) is 2.14. The first-order chi connectivity index (χ1) is 8.02. The summed E-state index contributed by atoms with van der Waals surface area (Å²) in [5.74, 6) is 1.91. The first kappa shape index (κ1) is 11.9. The highest BCUT2D eigenvalue weighted by Gasteiger charge is 2.14. The van der Waals surface area contributed by atoms with E-state index in [4.69, 9.17) is 0 Å². The average molecular weight is 253 g/mol. The van der Waals surface area contributed by atoms with Gasteiger partial charge >= 0.3 is 0 Å². The Labute approximate surface area is 104 Å². The summed E-state index contributed by atoms with van der Waals surface area (Å²) < 4.78 is 1.65. The van der Waals surface area contributed by atoms with E-state index >= 15 is 0 Å². The Hall–Kier alpha value is -1.57. The normalized spacial score (nSPS) is 10.9. The number of thioether (sulfide) groups is 1. The van der Waals surface area contributed by atoms with Crippen LogP contribution in [0.25, 0.3) is 5.78 Å². The molecule has 0 aliphatic heterocycles. The maximum Gasteiger partial charge on any atom is 0.259 e. The van der Waals surface area contributed by atoms with Gasteiger partial charge in [0.2, 0.25) is 17.1 Å². The number of hydrogen-bond donors (Lipinski definition) is 0. The van der Waals surface area contributed by atoms with Gasteiger partial charge < -0.3 is 9.80 Å². The smallest absolute Gasteiger partial charge is 0.259 e. The van der Waals surface area contributed by atoms with E-state index in [2.05, 4.69) is 20.1 Å². The second-order valence-electron chi connectivity index (χ2n) is 3.92. The fraction of sp³-hybridized carbons (Fsp3) is 0.556. The number of anilines is 2. The minimum absolute atomic E-state index is 0.566. The summed E-state index contributed by atoms with van der Waals surface area (Å²) in [6, 6.07) is 0. The third kappa shape index (κ3) is 2.12. The molecule has 2 aromatic heterocycles. The number of nitrogens with zero attached hydrogens (tertiary/aromatic N) is 7. The zero-order chi connectivity index (χ0) is 12.6. The van der Waals surface area contributed by atoms with E-state index < -0.39 is 0 Å². The lowest BCUT2D eigenvalue weighted by Gasteiger charge is -2.15. The van der Waals surface area contributed by atoms with Gasteiger partial charge in [-0.2, -0.15) is 19.5 Å². The molecule has 0 aromatic carbocycles. The van der Waals surface area contributed by atoms with Crippen molar-refractivity contribution in [2.45, 2.75) is 5.16 Å². The Morgan fingerprint density at radius 1 is 1.00 bits per heavy atom. The molecular formula is C9H15N7S. The molecule has 0 saturated heterocycles. The van der Waals surface area contributed by atoms with Crippen molar-refractivity contribution in [2.75, 3.05) is 44.2 Å². The largest absolute Gasteiger partial charge is 0.347 e. The van der Waals surface area contributed by atoms with Crippen LogP contribution in [0.4, 0.5) is 11.9 Å². The molecule has 0 spiro atoms. The molecule has 0 radical (unpaired) electrons. The van der Waals surface area contributed by atoms with Gasteiger partial charge in [-0.3, -0.25) is 0 Å². The van der Waals surface area contributed by atoms with Gasteiger partial charge in [-0.1, -0.05) is 11.8 Å². The van der Waals surface area contributed by atoms with E-state index in [-0.39, 0.29) is 0 Å². The average Bonchev–Trinajstić information content (AvgIpc) is 2.69. The molecule has 0 fully saturated rings. The summed E-state index contributed by atoms with van der Waals surface area (Å²) in [5.41, 5.74) is 0. The third-order valence-corrected chi connectivity index (χ3v) is 2.68. The predicted octanol–water partition coefficient (Wildman–Crippen LogP) is 0.373. The monoisotopic (exact) mass is 253 g/mol. The first-order valence-corrected chi connectivity index (χ1v) is 6.29. The molecule has 17 heavy (non-hydrogen) atoms. The van der Waals surface area contributed by atoms with Gasteiger partial charge in [0.25, 0.3) is 5.78 Å². The van der Waals surface area contributed by atoms with Crippen molar-refractivity contribution in [3.8, 4) is 0 Å². The van der Waals surface area contributed by atoms with Crippen LogP contribution in [0.2, 0.25) is 0 Å². The Balaban J connectivity index is 2.69. The van der Waals surface area contributed by atoms with Crippen LogP contribution in [0.3, 0.4) is 0 Å². The molecule has 8 heteroatoms. The second-order valence-corrected chi connectivity index (χ2v) is 4.70. The number of rotatable bonds is 3. The molecule has 2 heterocycles. The molecule has 0 aliphatic rings. The second kappa shape index (κ2) is 4.36. The van der Waals surface area contributed by atoms with Crippen LogP contribution < -0.4 is 9.80 Å². The maximum absolute atomic E-state index is 4.44. The Kier molecular flexibility index (Phi) is 3.05. The van der Waals surface area contributed by atoms with Crippen LogP contribution in [0.15, 0.2) is 5.16 Å². The van der Waals surface area contributed by atoms with Crippen molar-refractivity contribution in [2.24, 2.45) is 0 Å². The van der Waals surface area contributed by atoms with Crippen molar-refractivity contribution in [1.82, 2.24) is 24.6 Å². The molecule has 0 N–H and O–H groups in total. The zero-order valence-corrected chi connectivity index (χ0v) is 11.4. The van der Waals surface area contributed by atoms with Gasteiger partial charge in [0.15, 0.2) is 0 Å². The highest BCUT2D eigenvalue weighted by atomic mass is 32.2. The quantitative estimate of drug-likeness (QED) is 0.732. The fourth-order valence-electron chi connectivity index (χ4n) is 1.32. The van der Waals surface area contributed by atoms with Gasteiger partial charge in [0.05, 0.1) is 0 Å². The molecule has 0 saturated carbocycles. The van der Waals surface area contributed by atoms with Gasteiger partial charge in [-0.05, 0) is 6.26 Å². The van der Waals surface area contributed by atoms with E-state index in [9.17, 15) is 0 Å². The molecule has 2 aromatic rings. The van der Waals surface area contributed by atoms with Crippen LogP contribution >= 0.6 is 11.8 Å². The molecule has 92 valence electrons. The summed E-state index contributed by atoms with van der Waals surface area (Å²) >= 11 is 1.49. The van der Waals surface area contributed by atoms with E-state index in [1.807, 2.05) is 44.2 Å². The lowest BCUT2D eigenvalue weighted by molar-refractivity contribution is 0.813. The highest BCUT2D eigenvalue weighted by Crippen LogP contribution is 2.17. The Morgan fingerprint density at radius 3 is 2.24 bits per heavy atom. The summed E-state index contributed by atoms with van der Waals surface area (Å²) in [6.07, 6.45) is 1.93. The van der Waals surface area contributed by atoms with E-state index in [1.54, 1.807) is 4.52 Å². The molecule has 0 unspecified atom stereocenters. The van der Waals surface area contributed by atoms with Gasteiger partial charge in [0, 0.05) is 28.2 Å². The Morgan fingerprint density at radius 2 is 1.71 bits per heavy atom. The summed E-state index contributed by atoms with van der Waals surface area (Å²) in [4.78, 5) is 16.9. The van der Waals surface area contributed by atoms with Gasteiger partial charge in [-0.15, -0.1) is 5.10 Å². The molecule has 0 aliphatic carbocycles. The summed E-state index contributed by atoms with van der Waals surface area (Å²) in [6.45, 7) is 0. The molecule has 0 atom stereocenters. The van der Waals surface area contributed by atoms with Crippen LogP contribution in [0.1, 0.15) is 0 Å². The van der Waals surface area contributed by atoms with Crippen molar-refractivity contribution in [1.29, 1.82) is 0 Å². The number of hydrogen-bond acceptors (Lipinski definition) is 7. The molecule has 0 bridgehead atoms. The maximum atomic E-state index is 4.44. The van der Waals surface area contributed by atoms with Crippen LogP contribution in [0, 0.1) is 0 Å². The predicted molar refractivity (Wildman–Crippen MR) is 69.0 cm³/mol. The summed E-state index contributed by atoms with van der Waals surface area (Å²) in [5, 5.41) is 5.03. The minimum atomic E-state index is 0.566. The van der Waals surface area contributed by atoms with E-state index in [0.29, 0.717) is 22.8 Å². The van der Waals surface area contributed by atoms with Crippen LogP contribution in [0.5, 0.6) is 0 Å². The molecule has 0 amide bonds. The van der Waals surface area contributed by atoms with Gasteiger partial charge in [0.1, 0.15) is 0 Å². The summed E-state index contributed by atoms with van der Waals surface area (Å²) in [7, 11) is 7.64. The van der Waals surface area contributed by atoms with Crippen molar-refractivity contribution in [3.63, 3.8) is 0 Å².